The molecule has 0 saturated carbocycles. The minimum atomic E-state index is -4.64. The van der Waals surface area contributed by atoms with Crippen molar-refractivity contribution in [2.45, 2.75) is 0 Å². The van der Waals surface area contributed by atoms with Crippen LogP contribution in [0.25, 0.3) is 0 Å². The van der Waals surface area contributed by atoms with E-state index in [2.05, 4.69) is 0 Å². The van der Waals surface area contributed by atoms with Crippen LogP contribution in [-0.2, 0) is 4.57 Å². The molecule has 0 atom stereocenters. The molecule has 0 unspecified atom stereocenters. The van der Waals surface area contributed by atoms with E-state index in [-0.39, 0.29) is 54.6 Å². The van der Waals surface area contributed by atoms with Crippen molar-refractivity contribution in [3.63, 3.8) is 0 Å². The molecule has 3 N–H and O–H groups in total. The molecule has 0 fully saturated rings. The van der Waals surface area contributed by atoms with E-state index < -0.39 is 12.9 Å². The zero-order valence-corrected chi connectivity index (χ0v) is 17.2. The van der Waals surface area contributed by atoms with E-state index in [0.717, 1.165) is 0 Å². The molecule has 4 radical (unpaired) electrons. The van der Waals surface area contributed by atoms with E-state index >= 15 is 0 Å². The van der Waals surface area contributed by atoms with Gasteiger partial charge in [-0.1, -0.05) is 0 Å². The van der Waals surface area contributed by atoms with Crippen LogP contribution in [0, 0.1) is 15.3 Å². The molecule has 0 amide bonds. The van der Waals surface area contributed by atoms with Gasteiger partial charge in [0.15, 0.2) is 0 Å². The second-order valence-corrected chi connectivity index (χ2v) is 1.76. The van der Waals surface area contributed by atoms with Gasteiger partial charge in [0.1, 0.15) is 0 Å². The number of rotatable bonds is 0. The molecule has 0 aliphatic carbocycles. The molecular formula is H7NO7PPb2-. The topological polar surface area (TPSA) is 144 Å². The summed E-state index contributed by atoms with van der Waals surface area (Å²) < 4.78 is 8.88. The first kappa shape index (κ1) is 22.7. The number of hydrogen-bond donors (Lipinski definition) is 3. The van der Waals surface area contributed by atoms with Crippen molar-refractivity contribution in [1.82, 2.24) is 0 Å². The molecule has 0 rings (SSSR count). The van der Waals surface area contributed by atoms with Crippen LogP contribution in [0.1, 0.15) is 0 Å². The molecule has 11 heteroatoms. The van der Waals surface area contributed by atoms with E-state index in [0.29, 0.717) is 0 Å². The monoisotopic (exact) mass is 580 g/mol. The van der Waals surface area contributed by atoms with Crippen molar-refractivity contribution in [2.24, 2.45) is 0 Å². The average molecular weight is 578 g/mol. The van der Waals surface area contributed by atoms with Crippen molar-refractivity contribution >= 4 is 62.4 Å². The van der Waals surface area contributed by atoms with Gasteiger partial charge in [-0.25, -0.2) is 4.57 Å². The summed E-state index contributed by atoms with van der Waals surface area (Å²) in [5.41, 5.74) is 0. The molecule has 0 heterocycles. The van der Waals surface area contributed by atoms with Crippen molar-refractivity contribution in [3.8, 4) is 0 Å². The second kappa shape index (κ2) is 11.2. The Morgan fingerprint density at radius 1 is 1.09 bits per heavy atom. The fraction of sp³-hybridized carbons (Fsp3) is 0. The van der Waals surface area contributed by atoms with Crippen molar-refractivity contribution in [3.05, 3.63) is 15.3 Å². The molecule has 68 valence electrons. The third-order valence-corrected chi connectivity index (χ3v) is 0. The van der Waals surface area contributed by atoms with Crippen LogP contribution >= 0.6 is 7.82 Å². The Morgan fingerprint density at radius 2 is 1.09 bits per heavy atom. The summed E-state index contributed by atoms with van der Waals surface area (Å²) >= 11 is 0. The fourth-order valence-electron chi connectivity index (χ4n) is 0. The van der Waals surface area contributed by atoms with Crippen LogP contribution in [0.5, 0.6) is 0 Å². The van der Waals surface area contributed by atoms with Crippen molar-refractivity contribution in [2.75, 3.05) is 0 Å². The predicted octanol–water partition coefficient (Wildman–Crippen LogP) is -3.00. The predicted molar refractivity (Wildman–Crippen MR) is 41.7 cm³/mol. The van der Waals surface area contributed by atoms with Crippen LogP contribution in [-0.4, -0.2) is 74.4 Å². The molecule has 11 heavy (non-hydrogen) atoms. The molecule has 0 aliphatic heterocycles. The SMILES string of the molecule is O=P(O)(O)O.O=[N+]([O-])[O-].[PbH2].[PbH2]. The summed E-state index contributed by atoms with van der Waals surface area (Å²) in [6.45, 7) is 0. The minimum absolute atomic E-state index is 0. The second-order valence-electron chi connectivity index (χ2n) is 0.737. The van der Waals surface area contributed by atoms with Crippen LogP contribution in [0.3, 0.4) is 0 Å². The number of nitrogens with zero attached hydrogens (tertiary/aromatic N) is 1. The maximum atomic E-state index is 8.88. The molecule has 0 aromatic carbocycles. The molecule has 0 aromatic heterocycles. The standard InChI is InChI=1S/NO3.H3O4P.2Pb.4H/c2-1(3)4;1-5(2,3)4;;;;;;/h;(H3,1,2,3,4);;;;;;/q-1;;;;;;;. The third kappa shape index (κ3) is 702. The molecule has 0 saturated heterocycles. The van der Waals surface area contributed by atoms with Crippen LogP contribution in [0.15, 0.2) is 0 Å². The Hall–Kier alpha value is 1.15. The van der Waals surface area contributed by atoms with Crippen LogP contribution < -0.4 is 0 Å². The maximum absolute atomic E-state index is 8.88. The first-order valence-corrected chi connectivity index (χ1v) is 2.90. The zero-order valence-electron chi connectivity index (χ0n) is 5.28. The Bertz CT molecular complexity index is 116. The number of hydrogen-bond acceptors (Lipinski definition) is 4. The summed E-state index contributed by atoms with van der Waals surface area (Å²) in [7, 11) is -4.64. The van der Waals surface area contributed by atoms with Crippen molar-refractivity contribution < 1.29 is 24.3 Å². The van der Waals surface area contributed by atoms with Gasteiger partial charge in [-0.2, -0.15) is 0 Å². The van der Waals surface area contributed by atoms with Gasteiger partial charge in [-0.05, 0) is 0 Å². The Kier molecular flexibility index (Phi) is 23.1. The zero-order chi connectivity index (χ0) is 8.08. The summed E-state index contributed by atoms with van der Waals surface area (Å²) in [6.07, 6.45) is 0. The third-order valence-electron chi connectivity index (χ3n) is 0. The van der Waals surface area contributed by atoms with E-state index in [1.165, 1.54) is 0 Å². The normalized spacial score (nSPS) is 7.55. The molecule has 0 aromatic rings. The van der Waals surface area contributed by atoms with Crippen LogP contribution in [0.2, 0.25) is 0 Å². The Balaban J connectivity index is -0.0000000383. The Labute approximate surface area is 101 Å². The average Bonchev–Trinajstić information content (AvgIpc) is 1.19. The van der Waals surface area contributed by atoms with Gasteiger partial charge in [-0.15, -0.1) is 0 Å². The molecule has 8 nitrogen and oxygen atoms in total. The van der Waals surface area contributed by atoms with Gasteiger partial charge in [0, 0.05) is 0 Å². The first-order chi connectivity index (χ1) is 3.73. The van der Waals surface area contributed by atoms with E-state index in [4.69, 9.17) is 34.6 Å². The summed E-state index contributed by atoms with van der Waals surface area (Å²) in [5.74, 6) is 0. The summed E-state index contributed by atoms with van der Waals surface area (Å²) in [5, 5.41) is 14.8. The van der Waals surface area contributed by atoms with E-state index in [1.807, 2.05) is 0 Å². The summed E-state index contributed by atoms with van der Waals surface area (Å²) in [4.78, 5) is 29.8. The number of phosphoric acid groups is 1. The van der Waals surface area contributed by atoms with Gasteiger partial charge < -0.3 is 30.0 Å². The Morgan fingerprint density at radius 3 is 1.09 bits per heavy atom. The molecule has 0 spiro atoms. The molecule has 0 bridgehead atoms. The van der Waals surface area contributed by atoms with Crippen LogP contribution in [0.4, 0.5) is 0 Å². The quantitative estimate of drug-likeness (QED) is 0.120. The van der Waals surface area contributed by atoms with Crippen molar-refractivity contribution in [1.29, 1.82) is 0 Å². The van der Waals surface area contributed by atoms with Gasteiger partial charge in [0.2, 0.25) is 0 Å². The fourth-order valence-corrected chi connectivity index (χ4v) is 0. The van der Waals surface area contributed by atoms with Gasteiger partial charge in [-0.3, -0.25) is 0 Å². The van der Waals surface area contributed by atoms with Gasteiger partial charge in [0.05, 0.1) is 5.09 Å². The molecule has 0 aliphatic rings. The van der Waals surface area contributed by atoms with Gasteiger partial charge >= 0.3 is 62.4 Å². The summed E-state index contributed by atoms with van der Waals surface area (Å²) in [6, 6.07) is 0. The first-order valence-electron chi connectivity index (χ1n) is 1.33. The van der Waals surface area contributed by atoms with Gasteiger partial charge in [0.25, 0.3) is 0 Å². The molecular weight excluding hydrogens is 571 g/mol. The van der Waals surface area contributed by atoms with E-state index in [9.17, 15) is 0 Å². The van der Waals surface area contributed by atoms with E-state index in [1.54, 1.807) is 0 Å².